The standard InChI is InChI=1S/C63H119NO13/c1-3-5-7-9-11-13-15-17-18-19-20-21-22-23-24-25-26-27-28-29-30-31-32-33-34-35-36-38-40-42-44-46-52(67)51(64-55(68)47-45-43-41-39-37-16-14-12-10-8-6-4-2)50-74-62-60(73)58(71)61(54(49-66)76-62)77-63-59(72)57(70)56(69)53(48-65)75-63/h12,14,44,46,51-54,56-63,65-67,69-73H,3-11,13,15-43,45,47-50H2,1-2H3,(H,64,68)/b14-12-,46-44+. The lowest BCUT2D eigenvalue weighted by atomic mass is 9.97. The Morgan fingerprint density at radius 1 is 0.455 bits per heavy atom. The van der Waals surface area contributed by atoms with Gasteiger partial charge in [-0.1, -0.05) is 250 Å². The summed E-state index contributed by atoms with van der Waals surface area (Å²) in [6.07, 6.45) is 42.5. The smallest absolute Gasteiger partial charge is 0.220 e. The number of hydrogen-bond donors (Lipinski definition) is 9. The van der Waals surface area contributed by atoms with Gasteiger partial charge in [0, 0.05) is 6.42 Å². The van der Waals surface area contributed by atoms with Crippen LogP contribution in [0.4, 0.5) is 0 Å². The van der Waals surface area contributed by atoms with Crippen molar-refractivity contribution >= 4 is 5.91 Å². The molecular formula is C63H119NO13. The minimum absolute atomic E-state index is 0.247. The first-order valence-corrected chi connectivity index (χ1v) is 32.1. The molecule has 0 aromatic heterocycles. The maximum Gasteiger partial charge on any atom is 0.220 e. The van der Waals surface area contributed by atoms with Crippen LogP contribution in [0.15, 0.2) is 24.3 Å². The van der Waals surface area contributed by atoms with Gasteiger partial charge in [0.2, 0.25) is 5.91 Å². The Bertz CT molecular complexity index is 1390. The fourth-order valence-electron chi connectivity index (χ4n) is 10.7. The third-order valence-electron chi connectivity index (χ3n) is 15.9. The molecule has 12 atom stereocenters. The Morgan fingerprint density at radius 2 is 0.818 bits per heavy atom. The molecule has 2 saturated heterocycles. The highest BCUT2D eigenvalue weighted by Crippen LogP contribution is 2.30. The number of hydrogen-bond acceptors (Lipinski definition) is 13. The molecule has 2 fully saturated rings. The van der Waals surface area contributed by atoms with Crippen molar-refractivity contribution in [3.05, 3.63) is 24.3 Å². The van der Waals surface area contributed by atoms with Gasteiger partial charge >= 0.3 is 0 Å². The van der Waals surface area contributed by atoms with Crippen molar-refractivity contribution in [3.63, 3.8) is 0 Å². The minimum atomic E-state index is -1.79. The molecule has 2 aliphatic rings. The second-order valence-corrected chi connectivity index (χ2v) is 22.9. The van der Waals surface area contributed by atoms with Gasteiger partial charge in [0.1, 0.15) is 48.8 Å². The van der Waals surface area contributed by atoms with E-state index in [1.165, 1.54) is 193 Å². The van der Waals surface area contributed by atoms with Gasteiger partial charge in [0.05, 0.1) is 32.0 Å². The van der Waals surface area contributed by atoms with Crippen molar-refractivity contribution in [1.82, 2.24) is 5.32 Å². The lowest BCUT2D eigenvalue weighted by Gasteiger charge is -2.46. The Balaban J connectivity index is 1.65. The Kier molecular flexibility index (Phi) is 45.7. The van der Waals surface area contributed by atoms with E-state index in [9.17, 15) is 45.6 Å². The molecule has 9 N–H and O–H groups in total. The van der Waals surface area contributed by atoms with E-state index in [4.69, 9.17) is 18.9 Å². The van der Waals surface area contributed by atoms with E-state index in [0.717, 1.165) is 57.8 Å². The number of ether oxygens (including phenoxy) is 4. The zero-order valence-electron chi connectivity index (χ0n) is 49.0. The van der Waals surface area contributed by atoms with Crippen molar-refractivity contribution in [2.75, 3.05) is 19.8 Å². The van der Waals surface area contributed by atoms with E-state index in [0.29, 0.717) is 6.42 Å². The summed E-state index contributed by atoms with van der Waals surface area (Å²) < 4.78 is 22.8. The topological polar surface area (TPSA) is 228 Å². The molecule has 0 aliphatic carbocycles. The summed E-state index contributed by atoms with van der Waals surface area (Å²) in [5.41, 5.74) is 0. The number of nitrogens with one attached hydrogen (secondary N) is 1. The molecule has 0 bridgehead atoms. The predicted octanol–water partition coefficient (Wildman–Crippen LogP) is 11.6. The molecule has 2 heterocycles. The van der Waals surface area contributed by atoms with Gasteiger partial charge in [0.25, 0.3) is 0 Å². The van der Waals surface area contributed by atoms with Crippen LogP contribution in [0.3, 0.4) is 0 Å². The SMILES string of the molecule is CCCCC/C=C\CCCCCCCC(=O)NC(COC1OC(CO)C(OC2OC(CO)C(O)C(O)C2O)C(O)C1O)C(O)/C=C/CCCCCCCCCCCCCCCCCCCCCCCCCCCCCCC. The van der Waals surface area contributed by atoms with Gasteiger partial charge in [-0.3, -0.25) is 4.79 Å². The Labute approximate surface area is 468 Å². The second-order valence-electron chi connectivity index (χ2n) is 22.9. The fourth-order valence-corrected chi connectivity index (χ4v) is 10.7. The van der Waals surface area contributed by atoms with E-state index < -0.39 is 86.8 Å². The molecule has 0 spiro atoms. The normalized spacial score (nSPS) is 24.8. The zero-order valence-corrected chi connectivity index (χ0v) is 49.0. The van der Waals surface area contributed by atoms with Crippen LogP contribution in [-0.2, 0) is 23.7 Å². The van der Waals surface area contributed by atoms with Gasteiger partial charge in [-0.15, -0.1) is 0 Å². The first kappa shape index (κ1) is 71.6. The van der Waals surface area contributed by atoms with Crippen LogP contribution < -0.4 is 5.32 Å². The number of unbranched alkanes of at least 4 members (excludes halogenated alkanes) is 37. The molecular weight excluding hydrogens is 979 g/mol. The summed E-state index contributed by atoms with van der Waals surface area (Å²) >= 11 is 0. The average molecular weight is 1100 g/mol. The van der Waals surface area contributed by atoms with Crippen LogP contribution in [0.1, 0.15) is 277 Å². The maximum atomic E-state index is 13.2. The van der Waals surface area contributed by atoms with Crippen molar-refractivity contribution in [2.24, 2.45) is 0 Å². The second kappa shape index (κ2) is 49.1. The number of allylic oxidation sites excluding steroid dienone is 3. The van der Waals surface area contributed by atoms with E-state index in [-0.39, 0.29) is 18.9 Å². The van der Waals surface area contributed by atoms with E-state index >= 15 is 0 Å². The van der Waals surface area contributed by atoms with Crippen LogP contribution in [0.25, 0.3) is 0 Å². The van der Waals surface area contributed by atoms with Crippen LogP contribution >= 0.6 is 0 Å². The summed E-state index contributed by atoms with van der Waals surface area (Å²) in [7, 11) is 0. The number of aliphatic hydroxyl groups is 8. The molecule has 77 heavy (non-hydrogen) atoms. The van der Waals surface area contributed by atoms with Gasteiger partial charge < -0.3 is 65.1 Å². The first-order chi connectivity index (χ1) is 37.6. The van der Waals surface area contributed by atoms with Crippen LogP contribution in [0.2, 0.25) is 0 Å². The highest BCUT2D eigenvalue weighted by Gasteiger charge is 2.51. The molecule has 14 nitrogen and oxygen atoms in total. The Morgan fingerprint density at radius 3 is 1.26 bits per heavy atom. The van der Waals surface area contributed by atoms with Gasteiger partial charge in [-0.05, 0) is 44.9 Å². The van der Waals surface area contributed by atoms with Crippen LogP contribution in [0, 0.1) is 0 Å². The molecule has 454 valence electrons. The molecule has 1 amide bonds. The third-order valence-corrected chi connectivity index (χ3v) is 15.9. The quantitative estimate of drug-likeness (QED) is 0.0204. The highest BCUT2D eigenvalue weighted by atomic mass is 16.7. The van der Waals surface area contributed by atoms with Gasteiger partial charge in [-0.25, -0.2) is 0 Å². The monoisotopic (exact) mass is 1100 g/mol. The summed E-state index contributed by atoms with van der Waals surface area (Å²) in [5, 5.41) is 87.1. The molecule has 0 aromatic rings. The molecule has 2 aliphatic heterocycles. The number of carbonyl (C=O) groups excluding carboxylic acids is 1. The van der Waals surface area contributed by atoms with Crippen molar-refractivity contribution in [2.45, 2.75) is 351 Å². The number of amides is 1. The minimum Gasteiger partial charge on any atom is -0.394 e. The summed E-state index contributed by atoms with van der Waals surface area (Å²) in [6, 6.07) is -0.917. The predicted molar refractivity (Wildman–Crippen MR) is 309 cm³/mol. The third kappa shape index (κ3) is 34.5. The highest BCUT2D eigenvalue weighted by molar-refractivity contribution is 5.76. The number of aliphatic hydroxyl groups excluding tert-OH is 8. The number of rotatable bonds is 52. The summed E-state index contributed by atoms with van der Waals surface area (Å²) in [6.45, 7) is 2.79. The van der Waals surface area contributed by atoms with Gasteiger partial charge in [-0.2, -0.15) is 0 Å². The van der Waals surface area contributed by atoms with Crippen LogP contribution in [0.5, 0.6) is 0 Å². The Hall–Kier alpha value is -1.53. The zero-order chi connectivity index (χ0) is 56.0. The first-order valence-electron chi connectivity index (χ1n) is 32.1. The average Bonchev–Trinajstić information content (AvgIpc) is 3.44. The van der Waals surface area contributed by atoms with Crippen molar-refractivity contribution in [1.29, 1.82) is 0 Å². The van der Waals surface area contributed by atoms with Crippen LogP contribution in [-0.4, -0.2) is 140 Å². The maximum absolute atomic E-state index is 13.2. The van der Waals surface area contributed by atoms with E-state index in [1.807, 2.05) is 6.08 Å². The lowest BCUT2D eigenvalue weighted by Crippen LogP contribution is -2.65. The summed E-state index contributed by atoms with van der Waals surface area (Å²) in [5.74, 6) is -0.247. The van der Waals surface area contributed by atoms with Gasteiger partial charge in [0.15, 0.2) is 12.6 Å². The van der Waals surface area contributed by atoms with E-state index in [2.05, 4.69) is 31.3 Å². The molecule has 0 aromatic carbocycles. The van der Waals surface area contributed by atoms with Crippen molar-refractivity contribution in [3.8, 4) is 0 Å². The molecule has 0 saturated carbocycles. The fraction of sp³-hybridized carbons (Fsp3) is 0.921. The number of carbonyl (C=O) groups is 1. The molecule has 14 heteroatoms. The summed E-state index contributed by atoms with van der Waals surface area (Å²) in [4.78, 5) is 13.2. The molecule has 0 radical (unpaired) electrons. The lowest BCUT2D eigenvalue weighted by molar-refractivity contribution is -0.359. The largest absolute Gasteiger partial charge is 0.394 e. The van der Waals surface area contributed by atoms with Crippen molar-refractivity contribution < 1.29 is 64.6 Å². The molecule has 12 unspecified atom stereocenters. The molecule has 2 rings (SSSR count). The van der Waals surface area contributed by atoms with E-state index in [1.54, 1.807) is 6.08 Å².